The van der Waals surface area contributed by atoms with Crippen molar-refractivity contribution in [3.8, 4) is 11.3 Å². The number of pyridine rings is 1. The van der Waals surface area contributed by atoms with Crippen LogP contribution in [0.1, 0.15) is 50.7 Å². The first kappa shape index (κ1) is 18.5. The van der Waals surface area contributed by atoms with Crippen LogP contribution >= 0.6 is 0 Å². The molecule has 2 heterocycles. The molecule has 0 aromatic carbocycles. The molecule has 1 amide bonds. The van der Waals surface area contributed by atoms with E-state index in [1.165, 1.54) is 0 Å². The number of carbonyl (C=O) groups excluding carboxylic acids is 1. The standard InChI is InChI=1S/C18H23N3O4/c1-17(2,3)25-16(24)21-18(4,5)14-12(15(22)23)10-13(20-14)11-6-8-19-9-7-11/h6-10,20H,1-5H3,(H,21,24)(H,22,23). The number of aromatic carboxylic acids is 1. The molecule has 2 aromatic heterocycles. The molecule has 0 radical (unpaired) electrons. The monoisotopic (exact) mass is 345 g/mol. The van der Waals surface area contributed by atoms with Gasteiger partial charge in [0.25, 0.3) is 0 Å². The molecular formula is C18H23N3O4. The lowest BCUT2D eigenvalue weighted by Gasteiger charge is -2.28. The van der Waals surface area contributed by atoms with Gasteiger partial charge in [-0.2, -0.15) is 0 Å². The minimum Gasteiger partial charge on any atom is -0.478 e. The fraction of sp³-hybridized carbons (Fsp3) is 0.389. The second kappa shape index (κ2) is 6.58. The number of aromatic amines is 1. The average Bonchev–Trinajstić information content (AvgIpc) is 2.91. The average molecular weight is 345 g/mol. The Labute approximate surface area is 146 Å². The Kier molecular flexibility index (Phi) is 4.87. The molecule has 0 aliphatic rings. The van der Waals surface area contributed by atoms with Crippen LogP contribution in [0.3, 0.4) is 0 Å². The third kappa shape index (κ3) is 4.59. The Balaban J connectivity index is 2.37. The van der Waals surface area contributed by atoms with Crippen LogP contribution in [0.15, 0.2) is 30.6 Å². The summed E-state index contributed by atoms with van der Waals surface area (Å²) in [5.74, 6) is -1.08. The fourth-order valence-corrected chi connectivity index (χ4v) is 2.42. The predicted molar refractivity (Wildman–Crippen MR) is 93.4 cm³/mol. The van der Waals surface area contributed by atoms with E-state index in [4.69, 9.17) is 4.74 Å². The summed E-state index contributed by atoms with van der Waals surface area (Å²) in [6.07, 6.45) is 2.63. The highest BCUT2D eigenvalue weighted by Gasteiger charge is 2.32. The van der Waals surface area contributed by atoms with Crippen molar-refractivity contribution < 1.29 is 19.4 Å². The number of nitrogens with zero attached hydrogens (tertiary/aromatic N) is 1. The van der Waals surface area contributed by atoms with Gasteiger partial charge in [0, 0.05) is 23.7 Å². The molecule has 0 aliphatic carbocycles. The van der Waals surface area contributed by atoms with Crippen molar-refractivity contribution in [1.82, 2.24) is 15.3 Å². The molecule has 0 unspecified atom stereocenters. The largest absolute Gasteiger partial charge is 0.478 e. The highest BCUT2D eigenvalue weighted by atomic mass is 16.6. The number of carboxylic acid groups (broad SMARTS) is 1. The van der Waals surface area contributed by atoms with Gasteiger partial charge >= 0.3 is 12.1 Å². The maximum absolute atomic E-state index is 12.1. The molecule has 7 heteroatoms. The van der Waals surface area contributed by atoms with E-state index < -0.39 is 23.2 Å². The number of hydrogen-bond donors (Lipinski definition) is 3. The molecule has 134 valence electrons. The van der Waals surface area contributed by atoms with E-state index in [0.29, 0.717) is 11.4 Å². The summed E-state index contributed by atoms with van der Waals surface area (Å²) in [5.41, 5.74) is 0.297. The zero-order valence-electron chi connectivity index (χ0n) is 15.0. The molecule has 7 nitrogen and oxygen atoms in total. The smallest absolute Gasteiger partial charge is 0.408 e. The van der Waals surface area contributed by atoms with Crippen LogP contribution in [0.2, 0.25) is 0 Å². The van der Waals surface area contributed by atoms with Gasteiger partial charge in [0.2, 0.25) is 0 Å². The molecule has 3 N–H and O–H groups in total. The first-order valence-corrected chi connectivity index (χ1v) is 7.88. The Morgan fingerprint density at radius 2 is 1.76 bits per heavy atom. The van der Waals surface area contributed by atoms with Gasteiger partial charge in [0.15, 0.2) is 0 Å². The van der Waals surface area contributed by atoms with Crippen LogP contribution in [0, 0.1) is 0 Å². The highest BCUT2D eigenvalue weighted by Crippen LogP contribution is 2.29. The van der Waals surface area contributed by atoms with E-state index in [-0.39, 0.29) is 5.56 Å². The summed E-state index contributed by atoms with van der Waals surface area (Å²) in [7, 11) is 0. The fourth-order valence-electron chi connectivity index (χ4n) is 2.42. The normalized spacial score (nSPS) is 11.9. The second-order valence-corrected chi connectivity index (χ2v) is 7.26. The number of carboxylic acids is 1. The van der Waals surface area contributed by atoms with Crippen LogP contribution in [0.5, 0.6) is 0 Å². The van der Waals surface area contributed by atoms with Crippen molar-refractivity contribution in [2.24, 2.45) is 0 Å². The summed E-state index contributed by atoms with van der Waals surface area (Å²) < 4.78 is 5.27. The van der Waals surface area contributed by atoms with Gasteiger partial charge in [-0.15, -0.1) is 0 Å². The summed E-state index contributed by atoms with van der Waals surface area (Å²) in [6.45, 7) is 8.71. The Morgan fingerprint density at radius 1 is 1.16 bits per heavy atom. The maximum Gasteiger partial charge on any atom is 0.408 e. The van der Waals surface area contributed by atoms with E-state index in [9.17, 15) is 14.7 Å². The summed E-state index contributed by atoms with van der Waals surface area (Å²) in [4.78, 5) is 30.8. The lowest BCUT2D eigenvalue weighted by Crippen LogP contribution is -2.44. The molecule has 2 aromatic rings. The first-order valence-electron chi connectivity index (χ1n) is 7.88. The van der Waals surface area contributed by atoms with Crippen molar-refractivity contribution in [1.29, 1.82) is 0 Å². The quantitative estimate of drug-likeness (QED) is 0.786. The van der Waals surface area contributed by atoms with Crippen molar-refractivity contribution in [2.45, 2.75) is 45.8 Å². The topological polar surface area (TPSA) is 104 Å². The summed E-state index contributed by atoms with van der Waals surface area (Å²) in [5, 5.41) is 12.3. The molecule has 0 spiro atoms. The SMILES string of the molecule is CC(C)(C)OC(=O)NC(C)(C)c1[nH]c(-c2ccncc2)cc1C(=O)O. The summed E-state index contributed by atoms with van der Waals surface area (Å²) >= 11 is 0. The van der Waals surface area contributed by atoms with Gasteiger partial charge in [-0.3, -0.25) is 4.98 Å². The van der Waals surface area contributed by atoms with Crippen molar-refractivity contribution in [3.05, 3.63) is 41.9 Å². The Morgan fingerprint density at radius 3 is 2.28 bits per heavy atom. The van der Waals surface area contributed by atoms with Crippen LogP contribution in [0.25, 0.3) is 11.3 Å². The molecule has 25 heavy (non-hydrogen) atoms. The molecule has 0 bridgehead atoms. The number of nitrogens with one attached hydrogen (secondary N) is 2. The maximum atomic E-state index is 12.1. The molecule has 2 rings (SSSR count). The zero-order valence-corrected chi connectivity index (χ0v) is 15.0. The number of aromatic nitrogens is 2. The number of hydrogen-bond acceptors (Lipinski definition) is 4. The van der Waals surface area contributed by atoms with E-state index >= 15 is 0 Å². The molecule has 0 saturated carbocycles. The first-order chi connectivity index (χ1) is 11.5. The van der Waals surface area contributed by atoms with Gasteiger partial charge < -0.3 is 20.1 Å². The van der Waals surface area contributed by atoms with Gasteiger partial charge in [0.1, 0.15) is 5.60 Å². The number of H-pyrrole nitrogens is 1. The molecule has 0 fully saturated rings. The van der Waals surface area contributed by atoms with Gasteiger partial charge in [-0.05, 0) is 52.8 Å². The van der Waals surface area contributed by atoms with Crippen LogP contribution < -0.4 is 5.32 Å². The number of amides is 1. The lowest BCUT2D eigenvalue weighted by molar-refractivity contribution is 0.0464. The zero-order chi connectivity index (χ0) is 18.8. The van der Waals surface area contributed by atoms with E-state index in [2.05, 4.69) is 15.3 Å². The molecule has 0 saturated heterocycles. The van der Waals surface area contributed by atoms with Gasteiger partial charge in [-0.1, -0.05) is 0 Å². The van der Waals surface area contributed by atoms with E-state index in [1.807, 2.05) is 0 Å². The number of ether oxygens (including phenoxy) is 1. The second-order valence-electron chi connectivity index (χ2n) is 7.26. The number of carbonyl (C=O) groups is 2. The third-order valence-electron chi connectivity index (χ3n) is 3.48. The van der Waals surface area contributed by atoms with Crippen LogP contribution in [-0.2, 0) is 10.3 Å². The Hall–Kier alpha value is -2.83. The molecular weight excluding hydrogens is 322 g/mol. The van der Waals surface area contributed by atoms with Crippen LogP contribution in [-0.4, -0.2) is 32.7 Å². The lowest BCUT2D eigenvalue weighted by atomic mass is 9.97. The minimum atomic E-state index is -1.08. The van der Waals surface area contributed by atoms with Crippen LogP contribution in [0.4, 0.5) is 4.79 Å². The van der Waals surface area contributed by atoms with Crippen molar-refractivity contribution in [2.75, 3.05) is 0 Å². The van der Waals surface area contributed by atoms with Gasteiger partial charge in [-0.25, -0.2) is 9.59 Å². The van der Waals surface area contributed by atoms with Gasteiger partial charge in [0.05, 0.1) is 16.8 Å². The highest BCUT2D eigenvalue weighted by molar-refractivity contribution is 5.91. The number of rotatable bonds is 4. The molecule has 0 aliphatic heterocycles. The van der Waals surface area contributed by atoms with Crippen molar-refractivity contribution >= 4 is 12.1 Å². The minimum absolute atomic E-state index is 0.0906. The molecule has 0 atom stereocenters. The van der Waals surface area contributed by atoms with Crippen molar-refractivity contribution in [3.63, 3.8) is 0 Å². The third-order valence-corrected chi connectivity index (χ3v) is 3.48. The Bertz CT molecular complexity index is 773. The number of alkyl carbamates (subject to hydrolysis) is 1. The van der Waals surface area contributed by atoms with E-state index in [1.54, 1.807) is 65.2 Å². The predicted octanol–water partition coefficient (Wildman–Crippen LogP) is 3.53. The summed E-state index contributed by atoms with van der Waals surface area (Å²) in [6, 6.07) is 5.09. The van der Waals surface area contributed by atoms with E-state index in [0.717, 1.165) is 5.56 Å².